The molecule has 0 aromatic heterocycles. The Morgan fingerprint density at radius 1 is 0.964 bits per heavy atom. The van der Waals surface area contributed by atoms with Gasteiger partial charge < -0.3 is 9.64 Å². The van der Waals surface area contributed by atoms with Crippen LogP contribution >= 0.6 is 0 Å². The van der Waals surface area contributed by atoms with Crippen molar-refractivity contribution >= 4 is 27.6 Å². The molecule has 1 aliphatic rings. The fourth-order valence-electron chi connectivity index (χ4n) is 2.98. The zero-order chi connectivity index (χ0) is 20.1. The average molecular weight is 402 g/mol. The summed E-state index contributed by atoms with van der Waals surface area (Å²) in [6, 6.07) is 11.9. The first-order chi connectivity index (χ1) is 13.4. The van der Waals surface area contributed by atoms with Crippen molar-refractivity contribution in [1.82, 2.24) is 4.90 Å². The Hall–Kier alpha value is -2.87. The van der Waals surface area contributed by atoms with Crippen LogP contribution in [0.1, 0.15) is 40.5 Å². The van der Waals surface area contributed by atoms with Gasteiger partial charge in [0.1, 0.15) is 0 Å². The monoisotopic (exact) mass is 402 g/mol. The smallest absolute Gasteiger partial charge is 0.338 e. The number of benzene rings is 2. The molecular formula is C20H22N2O5S. The lowest BCUT2D eigenvalue weighted by atomic mass is 10.2. The molecule has 1 amide bonds. The van der Waals surface area contributed by atoms with Crippen molar-refractivity contribution in [2.45, 2.75) is 24.7 Å². The number of carbonyl (C=O) groups excluding carboxylic acids is 2. The molecule has 1 aliphatic heterocycles. The van der Waals surface area contributed by atoms with Crippen LogP contribution in [0.3, 0.4) is 0 Å². The maximum Gasteiger partial charge on any atom is 0.338 e. The van der Waals surface area contributed by atoms with Crippen LogP contribution in [0.15, 0.2) is 53.4 Å². The van der Waals surface area contributed by atoms with Gasteiger partial charge >= 0.3 is 5.97 Å². The van der Waals surface area contributed by atoms with Gasteiger partial charge in [0.2, 0.25) is 0 Å². The number of sulfonamides is 1. The summed E-state index contributed by atoms with van der Waals surface area (Å²) in [6.07, 6.45) is 2.02. The molecule has 28 heavy (non-hydrogen) atoms. The molecule has 0 saturated carbocycles. The summed E-state index contributed by atoms with van der Waals surface area (Å²) < 4.78 is 32.4. The van der Waals surface area contributed by atoms with Crippen LogP contribution in [-0.2, 0) is 14.8 Å². The minimum Gasteiger partial charge on any atom is -0.462 e. The highest BCUT2D eigenvalue weighted by molar-refractivity contribution is 7.92. The molecule has 1 N–H and O–H groups in total. The number of ether oxygens (including phenoxy) is 1. The van der Waals surface area contributed by atoms with Crippen molar-refractivity contribution in [3.8, 4) is 0 Å². The molecule has 0 spiro atoms. The Morgan fingerprint density at radius 3 is 2.11 bits per heavy atom. The van der Waals surface area contributed by atoms with Gasteiger partial charge in [-0.05, 0) is 68.3 Å². The normalized spacial score (nSPS) is 14.0. The van der Waals surface area contributed by atoms with E-state index < -0.39 is 16.0 Å². The van der Waals surface area contributed by atoms with Crippen LogP contribution in [0.4, 0.5) is 5.69 Å². The molecule has 0 radical (unpaired) electrons. The van der Waals surface area contributed by atoms with E-state index >= 15 is 0 Å². The molecule has 148 valence electrons. The van der Waals surface area contributed by atoms with Crippen LogP contribution in [0.2, 0.25) is 0 Å². The molecule has 2 aromatic rings. The molecule has 1 heterocycles. The highest BCUT2D eigenvalue weighted by Crippen LogP contribution is 2.19. The Balaban J connectivity index is 1.69. The number of hydrogen-bond donors (Lipinski definition) is 1. The Bertz CT molecular complexity index is 947. The number of amides is 1. The predicted molar refractivity (Wildman–Crippen MR) is 105 cm³/mol. The fraction of sp³-hybridized carbons (Fsp3) is 0.300. The molecule has 0 bridgehead atoms. The maximum atomic E-state index is 12.5. The van der Waals surface area contributed by atoms with Gasteiger partial charge in [0.25, 0.3) is 15.9 Å². The zero-order valence-corrected chi connectivity index (χ0v) is 16.4. The Kier molecular flexibility index (Phi) is 5.99. The molecular weight excluding hydrogens is 380 g/mol. The van der Waals surface area contributed by atoms with Gasteiger partial charge in [-0.15, -0.1) is 0 Å². The molecule has 0 unspecified atom stereocenters. The van der Waals surface area contributed by atoms with Crippen LogP contribution in [0.25, 0.3) is 0 Å². The van der Waals surface area contributed by atoms with Gasteiger partial charge in [0, 0.05) is 24.3 Å². The van der Waals surface area contributed by atoms with Crippen molar-refractivity contribution in [2.75, 3.05) is 24.4 Å². The Labute approximate surface area is 164 Å². The van der Waals surface area contributed by atoms with Crippen molar-refractivity contribution in [1.29, 1.82) is 0 Å². The van der Waals surface area contributed by atoms with E-state index in [1.165, 1.54) is 24.3 Å². The minimum absolute atomic E-state index is 0.0257. The number of anilines is 1. The largest absolute Gasteiger partial charge is 0.462 e. The summed E-state index contributed by atoms with van der Waals surface area (Å²) in [5, 5.41) is 0. The molecule has 1 fully saturated rings. The standard InChI is InChI=1S/C20H22N2O5S/c1-2-27-20(24)16-7-11-18(12-8-16)28(25,26)21-17-9-5-15(6-10-17)19(23)22-13-3-4-14-22/h5-12,21H,2-4,13-14H2,1H3. The van der Waals surface area contributed by atoms with E-state index in [0.717, 1.165) is 25.9 Å². The summed E-state index contributed by atoms with van der Waals surface area (Å²) in [6.45, 7) is 3.46. The maximum absolute atomic E-state index is 12.5. The van der Waals surface area contributed by atoms with Crippen molar-refractivity contribution in [2.24, 2.45) is 0 Å². The minimum atomic E-state index is -3.81. The lowest BCUT2D eigenvalue weighted by molar-refractivity contribution is 0.0526. The summed E-state index contributed by atoms with van der Waals surface area (Å²) in [7, 11) is -3.81. The van der Waals surface area contributed by atoms with Gasteiger partial charge in [0.05, 0.1) is 17.1 Å². The number of nitrogens with one attached hydrogen (secondary N) is 1. The van der Waals surface area contributed by atoms with Gasteiger partial charge in [-0.1, -0.05) is 0 Å². The quantitative estimate of drug-likeness (QED) is 0.750. The number of nitrogens with zero attached hydrogens (tertiary/aromatic N) is 1. The molecule has 0 aliphatic carbocycles. The SMILES string of the molecule is CCOC(=O)c1ccc(S(=O)(=O)Nc2ccc(C(=O)N3CCCC3)cc2)cc1. The zero-order valence-electron chi connectivity index (χ0n) is 15.6. The topological polar surface area (TPSA) is 92.8 Å². The van der Waals surface area contributed by atoms with Crippen LogP contribution in [0, 0.1) is 0 Å². The molecule has 1 saturated heterocycles. The number of likely N-dealkylation sites (tertiary alicyclic amines) is 1. The van der Waals surface area contributed by atoms with Gasteiger partial charge in [-0.3, -0.25) is 9.52 Å². The van der Waals surface area contributed by atoms with E-state index in [2.05, 4.69) is 4.72 Å². The van der Waals surface area contributed by atoms with Gasteiger partial charge in [0.15, 0.2) is 0 Å². The van der Waals surface area contributed by atoms with Crippen molar-refractivity contribution in [3.05, 3.63) is 59.7 Å². The molecule has 3 rings (SSSR count). The van der Waals surface area contributed by atoms with E-state index in [0.29, 0.717) is 11.3 Å². The average Bonchev–Trinajstić information content (AvgIpc) is 3.23. The highest BCUT2D eigenvalue weighted by Gasteiger charge is 2.20. The Morgan fingerprint density at radius 2 is 1.54 bits per heavy atom. The molecule has 7 nitrogen and oxygen atoms in total. The first-order valence-electron chi connectivity index (χ1n) is 9.10. The molecule has 8 heteroatoms. The third kappa shape index (κ3) is 4.51. The fourth-order valence-corrected chi connectivity index (χ4v) is 4.04. The van der Waals surface area contributed by atoms with Crippen molar-refractivity contribution in [3.63, 3.8) is 0 Å². The number of carbonyl (C=O) groups is 2. The number of rotatable bonds is 6. The van der Waals surface area contributed by atoms with Gasteiger partial charge in [-0.2, -0.15) is 0 Å². The lowest BCUT2D eigenvalue weighted by Crippen LogP contribution is -2.27. The highest BCUT2D eigenvalue weighted by atomic mass is 32.2. The third-order valence-corrected chi connectivity index (χ3v) is 5.85. The summed E-state index contributed by atoms with van der Waals surface area (Å²) in [4.78, 5) is 25.8. The summed E-state index contributed by atoms with van der Waals surface area (Å²) in [5.74, 6) is -0.542. The van der Waals surface area contributed by atoms with Crippen LogP contribution in [0.5, 0.6) is 0 Å². The second-order valence-corrected chi connectivity index (χ2v) is 8.11. The van der Waals surface area contributed by atoms with Crippen LogP contribution < -0.4 is 4.72 Å². The number of esters is 1. The summed E-state index contributed by atoms with van der Waals surface area (Å²) >= 11 is 0. The number of hydrogen-bond acceptors (Lipinski definition) is 5. The van der Waals surface area contributed by atoms with E-state index in [1.54, 1.807) is 36.1 Å². The second kappa shape index (κ2) is 8.43. The summed E-state index contributed by atoms with van der Waals surface area (Å²) in [5.41, 5.74) is 1.17. The predicted octanol–water partition coefficient (Wildman–Crippen LogP) is 2.90. The van der Waals surface area contributed by atoms with Crippen molar-refractivity contribution < 1.29 is 22.7 Å². The third-order valence-electron chi connectivity index (χ3n) is 4.45. The first-order valence-corrected chi connectivity index (χ1v) is 10.6. The van der Waals surface area contributed by atoms with E-state index in [1.807, 2.05) is 0 Å². The van der Waals surface area contributed by atoms with Gasteiger partial charge in [-0.25, -0.2) is 13.2 Å². The van der Waals surface area contributed by atoms with E-state index in [4.69, 9.17) is 4.74 Å². The molecule has 2 aromatic carbocycles. The first kappa shape index (κ1) is 19.9. The van der Waals surface area contributed by atoms with E-state index in [9.17, 15) is 18.0 Å². The second-order valence-electron chi connectivity index (χ2n) is 6.43. The molecule has 0 atom stereocenters. The lowest BCUT2D eigenvalue weighted by Gasteiger charge is -2.15. The van der Waals surface area contributed by atoms with Crippen LogP contribution in [-0.4, -0.2) is 44.9 Å². The van der Waals surface area contributed by atoms with E-state index in [-0.39, 0.29) is 23.0 Å².